The lowest BCUT2D eigenvalue weighted by Crippen LogP contribution is -1.93. The summed E-state index contributed by atoms with van der Waals surface area (Å²) in [6, 6.07) is 7.20. The number of rotatable bonds is 3. The molecule has 0 amide bonds. The van der Waals surface area contributed by atoms with Gasteiger partial charge in [-0.15, -0.1) is 0 Å². The van der Waals surface area contributed by atoms with Crippen LogP contribution in [0.25, 0.3) is 71.7 Å². The number of para-hydroxylation sites is 3. The molecule has 2 nitrogen and oxygen atoms in total. The molecule has 0 spiro atoms. The summed E-state index contributed by atoms with van der Waals surface area (Å²) >= 11 is 0. The number of furan rings is 1. The third kappa shape index (κ3) is 3.21. The van der Waals surface area contributed by atoms with E-state index in [0.717, 1.165) is 0 Å². The standard InChI is InChI=1S/C36H23NO/c1-4-10-33-29(7-1)30-8-2-5-11-34(30)37(33)28-20-17-25(18-21-28)24-13-15-26(16-14-24)27-19-22-36-32(23-27)31-9-3-6-12-35(31)38-36/h1-23H/i1D,2D,3D,4D,5D,6D,7D,8D,9D,10D,11D,12D,19D,22D,23D. The number of aromatic nitrogens is 1. The van der Waals surface area contributed by atoms with Gasteiger partial charge in [0.15, 0.2) is 0 Å². The Morgan fingerprint density at radius 3 is 1.61 bits per heavy atom. The van der Waals surface area contributed by atoms with E-state index in [0.29, 0.717) is 22.4 Å². The molecule has 0 N–H and O–H groups in total. The molecule has 0 radical (unpaired) electrons. The zero-order valence-corrected chi connectivity index (χ0v) is 19.5. The molecule has 0 fully saturated rings. The first-order valence-corrected chi connectivity index (χ1v) is 11.7. The van der Waals surface area contributed by atoms with Gasteiger partial charge in [0.05, 0.1) is 31.6 Å². The predicted octanol–water partition coefficient (Wildman–Crippen LogP) is 10.0. The Bertz CT molecular complexity index is 2850. The normalized spacial score (nSPS) is 17.2. The quantitative estimate of drug-likeness (QED) is 0.236. The molecule has 2 heteroatoms. The van der Waals surface area contributed by atoms with Crippen molar-refractivity contribution in [3.8, 4) is 27.9 Å². The fourth-order valence-corrected chi connectivity index (χ4v) is 4.76. The van der Waals surface area contributed by atoms with E-state index < -0.39 is 72.5 Å². The van der Waals surface area contributed by atoms with Crippen LogP contribution in [0.15, 0.2) is 144 Å². The van der Waals surface area contributed by atoms with Crippen molar-refractivity contribution in [2.24, 2.45) is 0 Å². The maximum Gasteiger partial charge on any atom is 0.135 e. The minimum atomic E-state index is -0.521. The minimum absolute atomic E-state index is 0.0132. The van der Waals surface area contributed by atoms with Crippen LogP contribution in [0.5, 0.6) is 0 Å². The predicted molar refractivity (Wildman–Crippen MR) is 159 cm³/mol. The molecule has 0 aliphatic rings. The van der Waals surface area contributed by atoms with Crippen LogP contribution in [-0.4, -0.2) is 4.57 Å². The third-order valence-electron chi connectivity index (χ3n) is 6.55. The van der Waals surface area contributed by atoms with Crippen LogP contribution in [-0.2, 0) is 0 Å². The van der Waals surface area contributed by atoms with E-state index in [4.69, 9.17) is 25.0 Å². The smallest absolute Gasteiger partial charge is 0.135 e. The second-order valence-corrected chi connectivity index (χ2v) is 8.67. The molecule has 0 aliphatic carbocycles. The van der Waals surface area contributed by atoms with Gasteiger partial charge in [-0.25, -0.2) is 0 Å². The molecule has 0 saturated carbocycles. The molecule has 0 bridgehead atoms. The van der Waals surface area contributed by atoms with Gasteiger partial charge in [-0.2, -0.15) is 0 Å². The average molecular weight is 501 g/mol. The van der Waals surface area contributed by atoms with Gasteiger partial charge in [0.25, 0.3) is 0 Å². The van der Waals surface area contributed by atoms with E-state index in [-0.39, 0.29) is 67.4 Å². The molecular formula is C36H23NO. The molecule has 6 aromatic carbocycles. The highest BCUT2D eigenvalue weighted by molar-refractivity contribution is 6.09. The van der Waals surface area contributed by atoms with E-state index in [1.807, 2.05) is 0 Å². The van der Waals surface area contributed by atoms with Crippen molar-refractivity contribution in [2.75, 3.05) is 0 Å². The van der Waals surface area contributed by atoms with Crippen molar-refractivity contribution in [3.63, 3.8) is 0 Å². The van der Waals surface area contributed by atoms with Gasteiger partial charge in [-0.3, -0.25) is 0 Å². The summed E-state index contributed by atoms with van der Waals surface area (Å²) in [6.45, 7) is 0. The summed E-state index contributed by atoms with van der Waals surface area (Å²) in [5.41, 5.74) is 1.97. The number of nitrogens with zero attached hydrogens (tertiary/aromatic N) is 1. The summed E-state index contributed by atoms with van der Waals surface area (Å²) in [6.07, 6.45) is 0. The summed E-state index contributed by atoms with van der Waals surface area (Å²) in [7, 11) is 0. The molecule has 8 aromatic rings. The Balaban J connectivity index is 1.26. The molecule has 2 heterocycles. The Morgan fingerprint density at radius 2 is 0.947 bits per heavy atom. The highest BCUT2D eigenvalue weighted by Gasteiger charge is 2.12. The minimum Gasteiger partial charge on any atom is -0.456 e. The summed E-state index contributed by atoms with van der Waals surface area (Å²) in [5, 5.41) is -0.0460. The second-order valence-electron chi connectivity index (χ2n) is 8.67. The van der Waals surface area contributed by atoms with Gasteiger partial charge < -0.3 is 8.98 Å². The van der Waals surface area contributed by atoms with Crippen LogP contribution in [0.4, 0.5) is 0 Å². The Labute approximate surface area is 241 Å². The molecule has 0 atom stereocenters. The van der Waals surface area contributed by atoms with Gasteiger partial charge in [0, 0.05) is 27.2 Å². The van der Waals surface area contributed by atoms with Crippen LogP contribution < -0.4 is 0 Å². The highest BCUT2D eigenvalue weighted by Crippen LogP contribution is 2.34. The summed E-state index contributed by atoms with van der Waals surface area (Å²) in [5.74, 6) is 0. The van der Waals surface area contributed by atoms with Gasteiger partial charge >= 0.3 is 0 Å². The average Bonchev–Trinajstić information content (AvgIpc) is 3.74. The Morgan fingerprint density at radius 1 is 0.447 bits per heavy atom. The number of benzene rings is 6. The van der Waals surface area contributed by atoms with Gasteiger partial charge in [-0.1, -0.05) is 96.8 Å². The Hall–Kier alpha value is -5.08. The van der Waals surface area contributed by atoms with Crippen LogP contribution >= 0.6 is 0 Å². The number of hydrogen-bond acceptors (Lipinski definition) is 1. The van der Waals surface area contributed by atoms with Crippen molar-refractivity contribution in [3.05, 3.63) is 139 Å². The SMILES string of the molecule is [2H]c1c([2H])c([2H])c2c(oc3c([2H])c([2H])c(-c4ccc(-c5ccc(-n6c7c([2H])c([2H])c([2H])c([2H])c7c7c([2H])c([2H])c([2H])c([2H])c76)cc5)cc4)c([2H])c32)c1[2H]. The molecule has 0 saturated heterocycles. The molecule has 38 heavy (non-hydrogen) atoms. The fourth-order valence-electron chi connectivity index (χ4n) is 4.76. The summed E-state index contributed by atoms with van der Waals surface area (Å²) < 4.78 is 134. The third-order valence-corrected chi connectivity index (χ3v) is 6.55. The largest absolute Gasteiger partial charge is 0.456 e. The molecule has 0 unspecified atom stereocenters. The van der Waals surface area contributed by atoms with Gasteiger partial charge in [-0.05, 0) is 64.6 Å². The lowest BCUT2D eigenvalue weighted by atomic mass is 9.99. The monoisotopic (exact) mass is 500 g/mol. The van der Waals surface area contributed by atoms with Crippen molar-refractivity contribution >= 4 is 43.7 Å². The molecule has 2 aromatic heterocycles. The number of fused-ring (bicyclic) bond motifs is 6. The highest BCUT2D eigenvalue weighted by atomic mass is 16.3. The summed E-state index contributed by atoms with van der Waals surface area (Å²) in [4.78, 5) is 0. The van der Waals surface area contributed by atoms with Crippen molar-refractivity contribution in [1.82, 2.24) is 4.57 Å². The van der Waals surface area contributed by atoms with E-state index in [9.17, 15) is 0 Å². The molecular weight excluding hydrogens is 462 g/mol. The lowest BCUT2D eigenvalue weighted by molar-refractivity contribution is 0.669. The first-order chi connectivity index (χ1) is 25.1. The van der Waals surface area contributed by atoms with E-state index in [1.54, 1.807) is 48.5 Å². The van der Waals surface area contributed by atoms with Crippen LogP contribution in [0.2, 0.25) is 0 Å². The van der Waals surface area contributed by atoms with E-state index in [1.165, 1.54) is 4.57 Å². The van der Waals surface area contributed by atoms with Gasteiger partial charge in [0.2, 0.25) is 0 Å². The Kier molecular flexibility index (Phi) is 2.41. The maximum atomic E-state index is 9.02. The van der Waals surface area contributed by atoms with Gasteiger partial charge in [0.1, 0.15) is 11.2 Å². The lowest BCUT2D eigenvalue weighted by Gasteiger charge is -2.10. The van der Waals surface area contributed by atoms with Crippen LogP contribution in [0, 0.1) is 0 Å². The topological polar surface area (TPSA) is 18.1 Å². The number of hydrogen-bond donors (Lipinski definition) is 0. The van der Waals surface area contributed by atoms with E-state index >= 15 is 0 Å². The van der Waals surface area contributed by atoms with Crippen molar-refractivity contribution in [2.45, 2.75) is 0 Å². The second kappa shape index (κ2) is 8.22. The first-order valence-electron chi connectivity index (χ1n) is 19.2. The van der Waals surface area contributed by atoms with Crippen LogP contribution in [0.1, 0.15) is 20.6 Å². The maximum absolute atomic E-state index is 9.02. The molecule has 178 valence electrons. The van der Waals surface area contributed by atoms with Crippen molar-refractivity contribution < 1.29 is 25.0 Å². The van der Waals surface area contributed by atoms with Crippen molar-refractivity contribution in [1.29, 1.82) is 0 Å². The first kappa shape index (κ1) is 11.1. The molecule has 0 aliphatic heterocycles. The van der Waals surface area contributed by atoms with E-state index in [2.05, 4.69) is 0 Å². The zero-order chi connectivity index (χ0) is 38.1. The zero-order valence-electron chi connectivity index (χ0n) is 34.5. The molecule has 8 rings (SSSR count). The fraction of sp³-hybridized carbons (Fsp3) is 0. The van der Waals surface area contributed by atoms with Crippen LogP contribution in [0.3, 0.4) is 0 Å².